The zero-order valence-corrected chi connectivity index (χ0v) is 14.5. The maximum Gasteiger partial charge on any atom is 0.269 e. The van der Waals surface area contributed by atoms with Crippen LogP contribution in [0, 0.1) is 10.1 Å². The minimum Gasteiger partial charge on any atom is -0.493 e. The van der Waals surface area contributed by atoms with E-state index in [-0.39, 0.29) is 24.6 Å². The van der Waals surface area contributed by atoms with Crippen LogP contribution in [0.1, 0.15) is 17.2 Å². The Morgan fingerprint density at radius 1 is 1.15 bits per heavy atom. The van der Waals surface area contributed by atoms with E-state index in [4.69, 9.17) is 9.47 Å². The van der Waals surface area contributed by atoms with Crippen molar-refractivity contribution in [1.29, 1.82) is 0 Å². The molecule has 2 aromatic carbocycles. The van der Waals surface area contributed by atoms with Crippen LogP contribution in [-0.2, 0) is 11.2 Å². The Hall–Kier alpha value is -3.13. The molecule has 0 unspecified atom stereocenters. The van der Waals surface area contributed by atoms with Gasteiger partial charge in [-0.05, 0) is 35.4 Å². The number of nitrogens with zero attached hydrogens (tertiary/aromatic N) is 1. The van der Waals surface area contributed by atoms with Gasteiger partial charge in [0.15, 0.2) is 11.5 Å². The number of nitro groups is 1. The average Bonchev–Trinajstić information content (AvgIpc) is 2.66. The molecule has 0 heterocycles. The van der Waals surface area contributed by atoms with Crippen molar-refractivity contribution in [1.82, 2.24) is 5.32 Å². The zero-order valence-electron chi connectivity index (χ0n) is 14.5. The summed E-state index contributed by atoms with van der Waals surface area (Å²) in [5.74, 6) is 0.840. The SMILES string of the molecule is COc1ccc(CC(=O)NC[C@@H](O)c2ccc([N+](=O)[O-])cc2)cc1OC. The highest BCUT2D eigenvalue weighted by Gasteiger charge is 2.13. The molecule has 2 aromatic rings. The van der Waals surface area contributed by atoms with E-state index in [2.05, 4.69) is 5.32 Å². The van der Waals surface area contributed by atoms with Crippen molar-refractivity contribution in [2.75, 3.05) is 20.8 Å². The van der Waals surface area contributed by atoms with Gasteiger partial charge >= 0.3 is 0 Å². The molecule has 8 heteroatoms. The number of ether oxygens (including phenoxy) is 2. The summed E-state index contributed by atoms with van der Waals surface area (Å²) >= 11 is 0. The third kappa shape index (κ3) is 4.93. The van der Waals surface area contributed by atoms with E-state index in [0.717, 1.165) is 5.56 Å². The van der Waals surface area contributed by atoms with Crippen molar-refractivity contribution in [3.8, 4) is 11.5 Å². The number of benzene rings is 2. The van der Waals surface area contributed by atoms with Gasteiger partial charge in [-0.25, -0.2) is 0 Å². The second-order valence-corrected chi connectivity index (χ2v) is 5.53. The molecule has 1 atom stereocenters. The highest BCUT2D eigenvalue weighted by atomic mass is 16.6. The summed E-state index contributed by atoms with van der Waals surface area (Å²) in [6.07, 6.45) is -0.835. The first-order valence-corrected chi connectivity index (χ1v) is 7.84. The van der Waals surface area contributed by atoms with Crippen LogP contribution in [0.4, 0.5) is 5.69 Å². The molecule has 0 aromatic heterocycles. The van der Waals surface area contributed by atoms with Crippen LogP contribution in [0.3, 0.4) is 0 Å². The first-order valence-electron chi connectivity index (χ1n) is 7.84. The minimum absolute atomic E-state index is 0.00390. The summed E-state index contributed by atoms with van der Waals surface area (Å²) in [6, 6.07) is 10.7. The number of nitrogens with one attached hydrogen (secondary N) is 1. The van der Waals surface area contributed by atoms with Crippen molar-refractivity contribution < 1.29 is 24.3 Å². The number of methoxy groups -OCH3 is 2. The quantitative estimate of drug-likeness (QED) is 0.550. The zero-order chi connectivity index (χ0) is 19.1. The van der Waals surface area contributed by atoms with Gasteiger partial charge < -0.3 is 19.9 Å². The van der Waals surface area contributed by atoms with Gasteiger partial charge in [-0.1, -0.05) is 6.07 Å². The van der Waals surface area contributed by atoms with Crippen LogP contribution in [0.15, 0.2) is 42.5 Å². The number of rotatable bonds is 8. The van der Waals surface area contributed by atoms with Crippen LogP contribution in [0.5, 0.6) is 11.5 Å². The second-order valence-electron chi connectivity index (χ2n) is 5.53. The maximum absolute atomic E-state index is 12.1. The number of hydrogen-bond acceptors (Lipinski definition) is 6. The van der Waals surface area contributed by atoms with Gasteiger partial charge in [0.2, 0.25) is 5.91 Å². The molecule has 0 radical (unpaired) electrons. The van der Waals surface area contributed by atoms with Gasteiger partial charge in [-0.15, -0.1) is 0 Å². The number of carbonyl (C=O) groups is 1. The van der Waals surface area contributed by atoms with E-state index in [1.165, 1.54) is 38.5 Å². The number of nitro benzene ring substituents is 1. The monoisotopic (exact) mass is 360 g/mol. The van der Waals surface area contributed by atoms with E-state index < -0.39 is 11.0 Å². The van der Waals surface area contributed by atoms with E-state index in [1.54, 1.807) is 18.2 Å². The molecular weight excluding hydrogens is 340 g/mol. The first-order chi connectivity index (χ1) is 12.4. The molecular formula is C18H20N2O6. The van der Waals surface area contributed by atoms with Crippen LogP contribution < -0.4 is 14.8 Å². The molecule has 0 aliphatic heterocycles. The standard InChI is InChI=1S/C18H20N2O6/c1-25-16-8-3-12(9-17(16)26-2)10-18(22)19-11-15(21)13-4-6-14(7-5-13)20(23)24/h3-9,15,21H,10-11H2,1-2H3,(H,19,22)/t15-/m1/s1. The maximum atomic E-state index is 12.1. The molecule has 1 amide bonds. The first kappa shape index (κ1) is 19.2. The number of hydrogen-bond donors (Lipinski definition) is 2. The fourth-order valence-electron chi connectivity index (χ4n) is 2.39. The number of amides is 1. The van der Waals surface area contributed by atoms with Gasteiger partial charge in [-0.3, -0.25) is 14.9 Å². The molecule has 0 saturated heterocycles. The summed E-state index contributed by atoms with van der Waals surface area (Å²) in [4.78, 5) is 22.2. The Bertz CT molecular complexity index is 776. The van der Waals surface area contributed by atoms with Crippen molar-refractivity contribution in [2.45, 2.75) is 12.5 Å². The van der Waals surface area contributed by atoms with Crippen LogP contribution in [-0.4, -0.2) is 36.7 Å². The third-order valence-corrected chi connectivity index (χ3v) is 3.79. The molecule has 0 saturated carbocycles. The Morgan fingerprint density at radius 2 is 1.81 bits per heavy atom. The van der Waals surface area contributed by atoms with Crippen molar-refractivity contribution in [2.24, 2.45) is 0 Å². The number of non-ortho nitro benzene ring substituents is 1. The molecule has 0 bridgehead atoms. The molecule has 2 N–H and O–H groups in total. The minimum atomic E-state index is -0.954. The predicted molar refractivity (Wildman–Crippen MR) is 94.3 cm³/mol. The normalized spacial score (nSPS) is 11.5. The fraction of sp³-hybridized carbons (Fsp3) is 0.278. The molecule has 0 spiro atoms. The van der Waals surface area contributed by atoms with E-state index >= 15 is 0 Å². The Labute approximate surface area is 150 Å². The summed E-state index contributed by atoms with van der Waals surface area (Å²) in [5.41, 5.74) is 1.17. The van der Waals surface area contributed by atoms with Gasteiger partial charge in [0, 0.05) is 18.7 Å². The summed E-state index contributed by atoms with van der Waals surface area (Å²) in [7, 11) is 3.05. The molecule has 0 aliphatic carbocycles. The Balaban J connectivity index is 1.90. The lowest BCUT2D eigenvalue weighted by atomic mass is 10.1. The van der Waals surface area contributed by atoms with Crippen molar-refractivity contribution >= 4 is 11.6 Å². The summed E-state index contributed by atoms with van der Waals surface area (Å²) in [5, 5.41) is 23.4. The lowest BCUT2D eigenvalue weighted by Crippen LogP contribution is -2.29. The lowest BCUT2D eigenvalue weighted by Gasteiger charge is -2.13. The largest absolute Gasteiger partial charge is 0.493 e. The van der Waals surface area contributed by atoms with Crippen molar-refractivity contribution in [3.05, 3.63) is 63.7 Å². The molecule has 0 fully saturated rings. The van der Waals surface area contributed by atoms with Gasteiger partial charge in [-0.2, -0.15) is 0 Å². The Morgan fingerprint density at radius 3 is 2.38 bits per heavy atom. The summed E-state index contributed by atoms with van der Waals surface area (Å²) < 4.78 is 10.3. The number of aliphatic hydroxyl groups excluding tert-OH is 1. The third-order valence-electron chi connectivity index (χ3n) is 3.79. The fourth-order valence-corrected chi connectivity index (χ4v) is 2.39. The Kier molecular flexibility index (Phi) is 6.51. The molecule has 138 valence electrons. The molecule has 26 heavy (non-hydrogen) atoms. The van der Waals surface area contributed by atoms with Crippen LogP contribution in [0.2, 0.25) is 0 Å². The topological polar surface area (TPSA) is 111 Å². The predicted octanol–water partition coefficient (Wildman–Crippen LogP) is 2.00. The average molecular weight is 360 g/mol. The smallest absolute Gasteiger partial charge is 0.269 e. The van der Waals surface area contributed by atoms with E-state index in [0.29, 0.717) is 17.1 Å². The highest BCUT2D eigenvalue weighted by molar-refractivity contribution is 5.78. The van der Waals surface area contributed by atoms with E-state index in [9.17, 15) is 20.0 Å². The number of aliphatic hydroxyl groups is 1. The van der Waals surface area contributed by atoms with Gasteiger partial charge in [0.05, 0.1) is 31.7 Å². The van der Waals surface area contributed by atoms with Crippen LogP contribution >= 0.6 is 0 Å². The van der Waals surface area contributed by atoms with Crippen molar-refractivity contribution in [3.63, 3.8) is 0 Å². The molecule has 8 nitrogen and oxygen atoms in total. The molecule has 2 rings (SSSR count). The van der Waals surface area contributed by atoms with Gasteiger partial charge in [0.1, 0.15) is 0 Å². The van der Waals surface area contributed by atoms with E-state index in [1.807, 2.05) is 0 Å². The van der Waals surface area contributed by atoms with Gasteiger partial charge in [0.25, 0.3) is 5.69 Å². The summed E-state index contributed by atoms with van der Waals surface area (Å²) in [6.45, 7) is 0.00390. The number of carbonyl (C=O) groups excluding carboxylic acids is 1. The highest BCUT2D eigenvalue weighted by Crippen LogP contribution is 2.27. The molecule has 0 aliphatic rings. The van der Waals surface area contributed by atoms with Crippen LogP contribution in [0.25, 0.3) is 0 Å². The lowest BCUT2D eigenvalue weighted by molar-refractivity contribution is -0.384. The second kappa shape index (κ2) is 8.82.